The van der Waals surface area contributed by atoms with Crippen molar-refractivity contribution in [2.45, 2.75) is 31.3 Å². The first kappa shape index (κ1) is 28.6. The van der Waals surface area contributed by atoms with E-state index < -0.39 is 0 Å². The Hall–Kier alpha value is -2.92. The molecular formula is C29H30BrClN6O2S. The van der Waals surface area contributed by atoms with E-state index in [-0.39, 0.29) is 17.6 Å². The Balaban J connectivity index is 1.23. The predicted molar refractivity (Wildman–Crippen MR) is 165 cm³/mol. The molecule has 5 rings (SSSR count). The SMILES string of the molecule is CCc1ccc(-n2c(Br)nnc2SCC(=O)Nc2ccc(C(=O)NCC3CCNCC3)cc2Cl)c2ccccc12. The third kappa shape index (κ3) is 6.52. The number of anilines is 1. The van der Waals surface area contributed by atoms with Gasteiger partial charge < -0.3 is 16.0 Å². The number of aryl methyl sites for hydroxylation is 1. The normalized spacial score (nSPS) is 13.9. The minimum absolute atomic E-state index is 0.102. The first-order valence-corrected chi connectivity index (χ1v) is 15.4. The van der Waals surface area contributed by atoms with E-state index in [2.05, 4.69) is 73.3 Å². The van der Waals surface area contributed by atoms with Crippen molar-refractivity contribution in [2.75, 3.05) is 30.7 Å². The number of nitrogens with one attached hydrogen (secondary N) is 3. The molecule has 2 amide bonds. The Morgan fingerprint density at radius 1 is 1.10 bits per heavy atom. The van der Waals surface area contributed by atoms with E-state index >= 15 is 0 Å². The molecule has 0 bridgehead atoms. The highest BCUT2D eigenvalue weighted by atomic mass is 79.9. The summed E-state index contributed by atoms with van der Waals surface area (Å²) in [7, 11) is 0. The maximum absolute atomic E-state index is 12.8. The topological polar surface area (TPSA) is 101 Å². The van der Waals surface area contributed by atoms with Crippen LogP contribution in [0, 0.1) is 5.92 Å². The van der Waals surface area contributed by atoms with Crippen LogP contribution in [0.15, 0.2) is 64.5 Å². The highest BCUT2D eigenvalue weighted by Crippen LogP contribution is 2.32. The molecule has 3 N–H and O–H groups in total. The van der Waals surface area contributed by atoms with E-state index in [0.29, 0.717) is 38.6 Å². The van der Waals surface area contributed by atoms with Crippen molar-refractivity contribution in [1.29, 1.82) is 0 Å². The standard InChI is InChI=1S/C29H30BrClN6O2S/c1-2-19-8-10-25(22-6-4-3-5-21(19)22)37-28(30)35-36-29(37)40-17-26(38)34-24-9-7-20(15-23(24)31)27(39)33-16-18-11-13-32-14-12-18/h3-10,15,18,32H,2,11-14,16-17H2,1H3,(H,33,39)(H,34,38). The molecule has 0 unspecified atom stereocenters. The van der Waals surface area contributed by atoms with E-state index in [4.69, 9.17) is 11.6 Å². The molecule has 40 heavy (non-hydrogen) atoms. The zero-order chi connectivity index (χ0) is 28.1. The number of carbonyl (C=O) groups excluding carboxylic acids is 2. The number of carbonyl (C=O) groups is 2. The van der Waals surface area contributed by atoms with Gasteiger partial charge in [0.15, 0.2) is 5.16 Å². The van der Waals surface area contributed by atoms with Gasteiger partial charge >= 0.3 is 0 Å². The fourth-order valence-corrected chi connectivity index (χ4v) is 6.42. The van der Waals surface area contributed by atoms with Gasteiger partial charge in [0.05, 0.1) is 22.2 Å². The summed E-state index contributed by atoms with van der Waals surface area (Å²) in [5.74, 6) is 0.174. The average Bonchev–Trinajstić information content (AvgIpc) is 3.35. The Kier molecular flexibility index (Phi) is 9.41. The summed E-state index contributed by atoms with van der Waals surface area (Å²) in [4.78, 5) is 25.4. The van der Waals surface area contributed by atoms with E-state index in [1.165, 1.54) is 22.7 Å². The zero-order valence-electron chi connectivity index (χ0n) is 22.0. The minimum Gasteiger partial charge on any atom is -0.352 e. The van der Waals surface area contributed by atoms with Crippen LogP contribution in [0.4, 0.5) is 5.69 Å². The first-order valence-electron chi connectivity index (χ1n) is 13.3. The molecule has 0 saturated carbocycles. The molecule has 1 saturated heterocycles. The number of aromatic nitrogens is 3. The highest BCUT2D eigenvalue weighted by Gasteiger charge is 2.19. The minimum atomic E-state index is -0.244. The summed E-state index contributed by atoms with van der Waals surface area (Å²) < 4.78 is 2.46. The van der Waals surface area contributed by atoms with Crippen LogP contribution in [-0.2, 0) is 11.2 Å². The smallest absolute Gasteiger partial charge is 0.251 e. The van der Waals surface area contributed by atoms with Gasteiger partial charge in [0.2, 0.25) is 10.6 Å². The number of fused-ring (bicyclic) bond motifs is 1. The fraction of sp³-hybridized carbons (Fsp3) is 0.310. The van der Waals surface area contributed by atoms with Crippen LogP contribution < -0.4 is 16.0 Å². The second-order valence-corrected chi connectivity index (χ2v) is 11.7. The van der Waals surface area contributed by atoms with Gasteiger partial charge in [0.1, 0.15) is 0 Å². The van der Waals surface area contributed by atoms with Crippen molar-refractivity contribution in [3.63, 3.8) is 0 Å². The molecule has 1 aliphatic heterocycles. The second kappa shape index (κ2) is 13.2. The highest BCUT2D eigenvalue weighted by molar-refractivity contribution is 9.10. The fourth-order valence-electron chi connectivity index (χ4n) is 4.90. The van der Waals surface area contributed by atoms with Crippen LogP contribution in [0.1, 0.15) is 35.7 Å². The van der Waals surface area contributed by atoms with Crippen LogP contribution >= 0.6 is 39.3 Å². The summed E-state index contributed by atoms with van der Waals surface area (Å²) in [5, 5.41) is 20.8. The van der Waals surface area contributed by atoms with Gasteiger partial charge in [-0.25, -0.2) is 0 Å². The lowest BCUT2D eigenvalue weighted by Crippen LogP contribution is -2.35. The summed E-state index contributed by atoms with van der Waals surface area (Å²) in [6, 6.07) is 17.3. The van der Waals surface area contributed by atoms with Gasteiger partial charge in [0.25, 0.3) is 5.91 Å². The molecule has 4 aromatic rings. The summed E-state index contributed by atoms with van der Waals surface area (Å²) in [6.07, 6.45) is 3.04. The number of piperidine rings is 1. The van der Waals surface area contributed by atoms with Gasteiger partial charge in [-0.2, -0.15) is 0 Å². The van der Waals surface area contributed by atoms with Crippen molar-refractivity contribution in [1.82, 2.24) is 25.4 Å². The van der Waals surface area contributed by atoms with E-state index in [1.54, 1.807) is 18.2 Å². The average molecular weight is 642 g/mol. The lowest BCUT2D eigenvalue weighted by atomic mass is 9.98. The van der Waals surface area contributed by atoms with Crippen molar-refractivity contribution in [3.05, 3.63) is 75.5 Å². The van der Waals surface area contributed by atoms with E-state index in [9.17, 15) is 9.59 Å². The molecule has 2 heterocycles. The molecule has 3 aromatic carbocycles. The number of rotatable bonds is 9. The lowest BCUT2D eigenvalue weighted by molar-refractivity contribution is -0.113. The van der Waals surface area contributed by atoms with Crippen molar-refractivity contribution >= 4 is 67.6 Å². The summed E-state index contributed by atoms with van der Waals surface area (Å²) in [6.45, 7) is 4.75. The quantitative estimate of drug-likeness (QED) is 0.198. The van der Waals surface area contributed by atoms with E-state index in [0.717, 1.165) is 43.4 Å². The number of halogens is 2. The van der Waals surface area contributed by atoms with Gasteiger partial charge in [-0.05, 0) is 89.4 Å². The number of amides is 2. The summed E-state index contributed by atoms with van der Waals surface area (Å²) in [5.41, 5.74) is 3.11. The monoisotopic (exact) mass is 640 g/mol. The Bertz CT molecular complexity index is 1540. The molecule has 0 radical (unpaired) electrons. The van der Waals surface area contributed by atoms with Crippen LogP contribution in [0.3, 0.4) is 0 Å². The molecule has 8 nitrogen and oxygen atoms in total. The van der Waals surface area contributed by atoms with Gasteiger partial charge in [0, 0.05) is 17.5 Å². The third-order valence-electron chi connectivity index (χ3n) is 7.05. The van der Waals surface area contributed by atoms with Gasteiger partial charge in [-0.15, -0.1) is 10.2 Å². The molecule has 0 atom stereocenters. The van der Waals surface area contributed by atoms with Crippen LogP contribution in [0.25, 0.3) is 16.5 Å². The lowest BCUT2D eigenvalue weighted by Gasteiger charge is -2.22. The number of nitrogens with zero attached hydrogens (tertiary/aromatic N) is 3. The predicted octanol–water partition coefficient (Wildman–Crippen LogP) is 5.86. The third-order valence-corrected chi connectivity index (χ3v) is 8.81. The Labute approximate surface area is 250 Å². The van der Waals surface area contributed by atoms with Crippen LogP contribution in [-0.4, -0.2) is 52.0 Å². The molecule has 0 aliphatic carbocycles. The van der Waals surface area contributed by atoms with Gasteiger partial charge in [-0.3, -0.25) is 14.2 Å². The number of hydrogen-bond donors (Lipinski definition) is 3. The Morgan fingerprint density at radius 3 is 2.62 bits per heavy atom. The molecule has 1 aliphatic rings. The van der Waals surface area contributed by atoms with Crippen LogP contribution in [0.2, 0.25) is 5.02 Å². The zero-order valence-corrected chi connectivity index (χ0v) is 25.2. The molecule has 0 spiro atoms. The number of hydrogen-bond acceptors (Lipinski definition) is 6. The summed E-state index contributed by atoms with van der Waals surface area (Å²) >= 11 is 11.2. The Morgan fingerprint density at radius 2 is 1.88 bits per heavy atom. The maximum atomic E-state index is 12.8. The number of benzene rings is 3. The molecule has 1 aromatic heterocycles. The molecular weight excluding hydrogens is 612 g/mol. The largest absolute Gasteiger partial charge is 0.352 e. The van der Waals surface area contributed by atoms with Crippen molar-refractivity contribution in [2.24, 2.45) is 5.92 Å². The molecule has 1 fully saturated rings. The van der Waals surface area contributed by atoms with Crippen molar-refractivity contribution in [3.8, 4) is 5.69 Å². The second-order valence-electron chi connectivity index (χ2n) is 9.66. The number of thioether (sulfide) groups is 1. The molecule has 11 heteroatoms. The van der Waals surface area contributed by atoms with Gasteiger partial charge in [-0.1, -0.05) is 60.6 Å². The molecule has 208 valence electrons. The van der Waals surface area contributed by atoms with Crippen molar-refractivity contribution < 1.29 is 9.59 Å². The van der Waals surface area contributed by atoms with E-state index in [1.807, 2.05) is 16.7 Å². The maximum Gasteiger partial charge on any atom is 0.251 e. The first-order chi connectivity index (χ1) is 19.4. The van der Waals surface area contributed by atoms with Crippen LogP contribution in [0.5, 0.6) is 0 Å².